The highest BCUT2D eigenvalue weighted by molar-refractivity contribution is 9.10. The molecule has 1 heterocycles. The van der Waals surface area contributed by atoms with Crippen LogP contribution in [0.4, 0.5) is 0 Å². The number of hydrogen-bond donors (Lipinski definition) is 1. The van der Waals surface area contributed by atoms with Crippen LogP contribution in [0, 0.1) is 11.8 Å². The van der Waals surface area contributed by atoms with Crippen LogP contribution in [0.3, 0.4) is 0 Å². The van der Waals surface area contributed by atoms with E-state index in [-0.39, 0.29) is 12.5 Å². The second kappa shape index (κ2) is 7.12. The molecule has 18 heavy (non-hydrogen) atoms. The highest BCUT2D eigenvalue weighted by Gasteiger charge is 2.24. The number of ether oxygens (including phenoxy) is 2. The van der Waals surface area contributed by atoms with E-state index in [0.29, 0.717) is 12.5 Å². The van der Waals surface area contributed by atoms with Crippen LogP contribution >= 0.6 is 15.9 Å². The molecule has 1 N–H and O–H groups in total. The third-order valence-electron chi connectivity index (χ3n) is 3.46. The number of para-hydroxylation sites is 1. The summed E-state index contributed by atoms with van der Waals surface area (Å²) in [6, 6.07) is 7.79. The third-order valence-corrected chi connectivity index (χ3v) is 4.11. The Hall–Kier alpha value is -0.580. The van der Waals surface area contributed by atoms with Gasteiger partial charge in [-0.25, -0.2) is 0 Å². The standard InChI is InChI=1S/C14H19BrO3/c15-13-3-1-2-4-14(13)18-10-12(9-16)11-5-7-17-8-6-11/h1-4,11-12,16H,5-10H2. The fraction of sp³-hybridized carbons (Fsp3) is 0.571. The summed E-state index contributed by atoms with van der Waals surface area (Å²) in [4.78, 5) is 0. The van der Waals surface area contributed by atoms with E-state index in [4.69, 9.17) is 9.47 Å². The van der Waals surface area contributed by atoms with Crippen molar-refractivity contribution in [2.45, 2.75) is 12.8 Å². The smallest absolute Gasteiger partial charge is 0.133 e. The first-order valence-electron chi connectivity index (χ1n) is 6.37. The van der Waals surface area contributed by atoms with Gasteiger partial charge in [-0.15, -0.1) is 0 Å². The summed E-state index contributed by atoms with van der Waals surface area (Å²) in [6.45, 7) is 2.34. The maximum atomic E-state index is 9.49. The molecule has 1 aromatic carbocycles. The van der Waals surface area contributed by atoms with Crippen molar-refractivity contribution >= 4 is 15.9 Å². The fourth-order valence-electron chi connectivity index (χ4n) is 2.28. The molecule has 1 aromatic rings. The lowest BCUT2D eigenvalue weighted by molar-refractivity contribution is 0.0198. The van der Waals surface area contributed by atoms with Crippen LogP contribution in [0.1, 0.15) is 12.8 Å². The summed E-state index contributed by atoms with van der Waals surface area (Å²) < 4.78 is 12.1. The Morgan fingerprint density at radius 2 is 2.06 bits per heavy atom. The van der Waals surface area contributed by atoms with Gasteiger partial charge in [0.05, 0.1) is 11.1 Å². The molecule has 100 valence electrons. The minimum Gasteiger partial charge on any atom is -0.492 e. The molecular weight excluding hydrogens is 296 g/mol. The zero-order chi connectivity index (χ0) is 12.8. The summed E-state index contributed by atoms with van der Waals surface area (Å²) >= 11 is 3.46. The quantitative estimate of drug-likeness (QED) is 0.908. The Morgan fingerprint density at radius 3 is 2.72 bits per heavy atom. The molecule has 1 atom stereocenters. The Labute approximate surface area is 116 Å². The Kier molecular flexibility index (Phi) is 5.47. The summed E-state index contributed by atoms with van der Waals surface area (Å²) in [5.74, 6) is 1.54. The molecule has 4 heteroatoms. The van der Waals surface area contributed by atoms with Gasteiger partial charge in [0.15, 0.2) is 0 Å². The second-order valence-corrected chi connectivity index (χ2v) is 5.49. The van der Waals surface area contributed by atoms with E-state index in [9.17, 15) is 5.11 Å². The summed E-state index contributed by atoms with van der Waals surface area (Å²) in [6.07, 6.45) is 2.04. The predicted molar refractivity (Wildman–Crippen MR) is 73.8 cm³/mol. The molecule has 1 aliphatic heterocycles. The van der Waals surface area contributed by atoms with Gasteiger partial charge in [-0.2, -0.15) is 0 Å². The highest BCUT2D eigenvalue weighted by atomic mass is 79.9. The maximum Gasteiger partial charge on any atom is 0.133 e. The monoisotopic (exact) mass is 314 g/mol. The van der Waals surface area contributed by atoms with Crippen LogP contribution in [-0.4, -0.2) is 31.5 Å². The summed E-state index contributed by atoms with van der Waals surface area (Å²) in [5.41, 5.74) is 0. The molecule has 0 radical (unpaired) electrons. The van der Waals surface area contributed by atoms with E-state index in [2.05, 4.69) is 15.9 Å². The van der Waals surface area contributed by atoms with Crippen molar-refractivity contribution in [1.82, 2.24) is 0 Å². The van der Waals surface area contributed by atoms with Gasteiger partial charge < -0.3 is 14.6 Å². The molecule has 0 aromatic heterocycles. The second-order valence-electron chi connectivity index (χ2n) is 4.63. The van der Waals surface area contributed by atoms with Gasteiger partial charge in [0.2, 0.25) is 0 Å². The molecule has 1 saturated heterocycles. The largest absolute Gasteiger partial charge is 0.492 e. The van der Waals surface area contributed by atoms with Crippen LogP contribution in [0.5, 0.6) is 5.75 Å². The number of halogens is 1. The van der Waals surface area contributed by atoms with Crippen molar-refractivity contribution in [3.8, 4) is 5.75 Å². The van der Waals surface area contributed by atoms with Gasteiger partial charge in [0, 0.05) is 25.7 Å². The molecule has 0 saturated carbocycles. The molecule has 0 amide bonds. The van der Waals surface area contributed by atoms with E-state index in [0.717, 1.165) is 36.3 Å². The van der Waals surface area contributed by atoms with Gasteiger partial charge in [-0.3, -0.25) is 0 Å². The van der Waals surface area contributed by atoms with E-state index in [1.54, 1.807) is 0 Å². The molecule has 1 fully saturated rings. The Balaban J connectivity index is 1.88. The van der Waals surface area contributed by atoms with Gasteiger partial charge in [-0.05, 0) is 46.8 Å². The third kappa shape index (κ3) is 3.70. The Bertz CT molecular complexity index is 364. The first-order valence-corrected chi connectivity index (χ1v) is 7.16. The van der Waals surface area contributed by atoms with Crippen LogP contribution in [0.2, 0.25) is 0 Å². The lowest BCUT2D eigenvalue weighted by Crippen LogP contribution is -2.30. The van der Waals surface area contributed by atoms with Crippen molar-refractivity contribution in [3.63, 3.8) is 0 Å². The normalized spacial score (nSPS) is 18.6. The minimum absolute atomic E-state index is 0.176. The molecule has 2 rings (SSSR count). The summed E-state index contributed by atoms with van der Waals surface area (Å²) in [7, 11) is 0. The van der Waals surface area contributed by atoms with E-state index in [1.165, 1.54) is 0 Å². The number of aliphatic hydroxyl groups excluding tert-OH is 1. The number of hydrogen-bond acceptors (Lipinski definition) is 3. The lowest BCUT2D eigenvalue weighted by Gasteiger charge is -2.29. The fourth-order valence-corrected chi connectivity index (χ4v) is 2.68. The molecule has 0 aliphatic carbocycles. The average molecular weight is 315 g/mol. The molecule has 0 bridgehead atoms. The lowest BCUT2D eigenvalue weighted by atomic mass is 9.87. The van der Waals surface area contributed by atoms with Crippen molar-refractivity contribution in [1.29, 1.82) is 0 Å². The van der Waals surface area contributed by atoms with E-state index in [1.807, 2.05) is 24.3 Å². The predicted octanol–water partition coefficient (Wildman–Crippen LogP) is 2.86. The molecule has 1 unspecified atom stereocenters. The van der Waals surface area contributed by atoms with E-state index >= 15 is 0 Å². The first kappa shape index (κ1) is 13.8. The van der Waals surface area contributed by atoms with Gasteiger partial charge in [0.25, 0.3) is 0 Å². The molecular formula is C14H19BrO3. The molecule has 1 aliphatic rings. The van der Waals surface area contributed by atoms with Crippen LogP contribution in [-0.2, 0) is 4.74 Å². The SMILES string of the molecule is OCC(COc1ccccc1Br)C1CCOCC1. The number of benzene rings is 1. The first-order chi connectivity index (χ1) is 8.81. The molecule has 3 nitrogen and oxygen atoms in total. The number of aliphatic hydroxyl groups is 1. The van der Waals surface area contributed by atoms with Crippen molar-refractivity contribution < 1.29 is 14.6 Å². The number of rotatable bonds is 5. The minimum atomic E-state index is 0.176. The van der Waals surface area contributed by atoms with Crippen molar-refractivity contribution in [3.05, 3.63) is 28.7 Å². The maximum absolute atomic E-state index is 9.49. The van der Waals surface area contributed by atoms with Crippen LogP contribution < -0.4 is 4.74 Å². The molecule has 0 spiro atoms. The Morgan fingerprint density at radius 1 is 1.33 bits per heavy atom. The zero-order valence-electron chi connectivity index (χ0n) is 10.3. The average Bonchev–Trinajstić information content (AvgIpc) is 2.42. The van der Waals surface area contributed by atoms with Gasteiger partial charge in [-0.1, -0.05) is 12.1 Å². The van der Waals surface area contributed by atoms with Crippen LogP contribution in [0.15, 0.2) is 28.7 Å². The van der Waals surface area contributed by atoms with Gasteiger partial charge in [0.1, 0.15) is 5.75 Å². The van der Waals surface area contributed by atoms with E-state index < -0.39 is 0 Å². The summed E-state index contributed by atoms with van der Waals surface area (Å²) in [5, 5.41) is 9.49. The highest BCUT2D eigenvalue weighted by Crippen LogP contribution is 2.27. The topological polar surface area (TPSA) is 38.7 Å². The zero-order valence-corrected chi connectivity index (χ0v) is 11.9. The van der Waals surface area contributed by atoms with Crippen LogP contribution in [0.25, 0.3) is 0 Å². The van der Waals surface area contributed by atoms with Crippen molar-refractivity contribution in [2.75, 3.05) is 26.4 Å². The van der Waals surface area contributed by atoms with Gasteiger partial charge >= 0.3 is 0 Å². The van der Waals surface area contributed by atoms with Crippen molar-refractivity contribution in [2.24, 2.45) is 11.8 Å².